The molecule has 0 radical (unpaired) electrons. The SMILES string of the molecule is Cc1ccc(N(C(=O)CCc2c[nH]c3ccccc23)[C@H](C(=O)Nc2cccc([N+](=O)[O-])c2)c2ccc(O)cc2)cc1. The van der Waals surface area contributed by atoms with E-state index in [9.17, 15) is 24.8 Å². The predicted octanol–water partition coefficient (Wildman–Crippen LogP) is 6.44. The first-order valence-corrected chi connectivity index (χ1v) is 13.1. The number of aryl methyl sites for hydroxylation is 2. The van der Waals surface area contributed by atoms with Crippen molar-refractivity contribution in [3.63, 3.8) is 0 Å². The fourth-order valence-corrected chi connectivity index (χ4v) is 4.83. The van der Waals surface area contributed by atoms with E-state index in [0.29, 0.717) is 17.7 Å². The highest BCUT2D eigenvalue weighted by molar-refractivity contribution is 6.05. The van der Waals surface area contributed by atoms with Gasteiger partial charge >= 0.3 is 0 Å². The smallest absolute Gasteiger partial charge is 0.271 e. The Kier molecular flexibility index (Phi) is 7.78. The maximum absolute atomic E-state index is 14.0. The average molecular weight is 549 g/mol. The number of rotatable bonds is 9. The topological polar surface area (TPSA) is 129 Å². The van der Waals surface area contributed by atoms with E-state index in [1.54, 1.807) is 30.3 Å². The highest BCUT2D eigenvalue weighted by Gasteiger charge is 2.33. The van der Waals surface area contributed by atoms with E-state index in [0.717, 1.165) is 22.0 Å². The van der Waals surface area contributed by atoms with Crippen molar-refractivity contribution in [1.29, 1.82) is 0 Å². The van der Waals surface area contributed by atoms with Crippen LogP contribution in [0.1, 0.15) is 29.2 Å². The molecule has 0 unspecified atom stereocenters. The van der Waals surface area contributed by atoms with Gasteiger partial charge in [-0.05, 0) is 60.9 Å². The van der Waals surface area contributed by atoms with Gasteiger partial charge in [0.05, 0.1) is 4.92 Å². The predicted molar refractivity (Wildman–Crippen MR) is 158 cm³/mol. The molecule has 2 amide bonds. The molecule has 9 nitrogen and oxygen atoms in total. The summed E-state index contributed by atoms with van der Waals surface area (Å²) >= 11 is 0. The standard InChI is InChI=1S/C32H28N4O5/c1-21-9-14-25(15-10-21)35(30(38)18-13-23-20-33-29-8-3-2-7-28(23)29)31(22-11-16-27(37)17-12-22)32(39)34-24-5-4-6-26(19-24)36(40)41/h2-12,14-17,19-20,31,33,37H,13,18H2,1H3,(H,34,39)/t31-/m0/s1. The Morgan fingerprint density at radius 1 is 0.976 bits per heavy atom. The van der Waals surface area contributed by atoms with Gasteiger partial charge in [0.25, 0.3) is 11.6 Å². The van der Waals surface area contributed by atoms with Gasteiger partial charge in [-0.3, -0.25) is 24.6 Å². The Labute approximate surface area is 236 Å². The van der Waals surface area contributed by atoms with Crippen LogP contribution in [0.3, 0.4) is 0 Å². The minimum absolute atomic E-state index is 0.0131. The number of phenolic OH excluding ortho intramolecular Hbond substituents is 1. The van der Waals surface area contributed by atoms with Crippen molar-refractivity contribution in [2.75, 3.05) is 10.2 Å². The third-order valence-electron chi connectivity index (χ3n) is 6.90. The van der Waals surface area contributed by atoms with Crippen LogP contribution in [0.4, 0.5) is 17.1 Å². The molecule has 0 aliphatic carbocycles. The highest BCUT2D eigenvalue weighted by atomic mass is 16.6. The van der Waals surface area contributed by atoms with Gasteiger partial charge in [0, 0.05) is 47.0 Å². The lowest BCUT2D eigenvalue weighted by molar-refractivity contribution is -0.384. The summed E-state index contributed by atoms with van der Waals surface area (Å²) in [6.45, 7) is 1.93. The number of nitrogens with one attached hydrogen (secondary N) is 2. The Morgan fingerprint density at radius 3 is 2.44 bits per heavy atom. The number of anilines is 2. The maximum Gasteiger partial charge on any atom is 0.271 e. The number of aromatic amines is 1. The average Bonchev–Trinajstić information content (AvgIpc) is 3.39. The Balaban J connectivity index is 1.53. The van der Waals surface area contributed by atoms with Crippen LogP contribution in [-0.4, -0.2) is 26.8 Å². The molecule has 0 fully saturated rings. The summed E-state index contributed by atoms with van der Waals surface area (Å²) in [4.78, 5) is 43.4. The number of nitrogens with zero attached hydrogens (tertiary/aromatic N) is 2. The van der Waals surface area contributed by atoms with Crippen molar-refractivity contribution in [3.8, 4) is 5.75 Å². The summed E-state index contributed by atoms with van der Waals surface area (Å²) in [6, 6.07) is 25.7. The van der Waals surface area contributed by atoms with E-state index >= 15 is 0 Å². The van der Waals surface area contributed by atoms with Gasteiger partial charge in [-0.25, -0.2) is 0 Å². The van der Waals surface area contributed by atoms with E-state index in [2.05, 4.69) is 10.3 Å². The van der Waals surface area contributed by atoms with Crippen LogP contribution in [0.2, 0.25) is 0 Å². The van der Waals surface area contributed by atoms with Crippen LogP contribution in [0.25, 0.3) is 10.9 Å². The van der Waals surface area contributed by atoms with E-state index in [4.69, 9.17) is 0 Å². The highest BCUT2D eigenvalue weighted by Crippen LogP contribution is 2.32. The molecular weight excluding hydrogens is 520 g/mol. The van der Waals surface area contributed by atoms with E-state index in [1.165, 1.54) is 35.2 Å². The molecule has 41 heavy (non-hydrogen) atoms. The molecule has 1 atom stereocenters. The minimum Gasteiger partial charge on any atom is -0.508 e. The molecule has 0 bridgehead atoms. The second kappa shape index (κ2) is 11.7. The number of aromatic nitrogens is 1. The number of non-ortho nitro benzene ring substituents is 1. The van der Waals surface area contributed by atoms with Crippen LogP contribution >= 0.6 is 0 Å². The Morgan fingerprint density at radius 2 is 1.71 bits per heavy atom. The summed E-state index contributed by atoms with van der Waals surface area (Å²) in [5.41, 5.74) is 3.99. The summed E-state index contributed by atoms with van der Waals surface area (Å²) in [6.07, 6.45) is 2.45. The number of hydrogen-bond acceptors (Lipinski definition) is 5. The first-order valence-electron chi connectivity index (χ1n) is 13.1. The third-order valence-corrected chi connectivity index (χ3v) is 6.90. The fourth-order valence-electron chi connectivity index (χ4n) is 4.83. The number of amides is 2. The number of benzene rings is 4. The normalized spacial score (nSPS) is 11.6. The number of H-pyrrole nitrogens is 1. The van der Waals surface area contributed by atoms with E-state index in [1.807, 2.05) is 49.5 Å². The molecule has 0 aliphatic rings. The monoisotopic (exact) mass is 548 g/mol. The number of phenols is 1. The number of aromatic hydroxyl groups is 1. The Bertz CT molecular complexity index is 1710. The molecule has 5 rings (SSSR count). The molecule has 5 aromatic rings. The summed E-state index contributed by atoms with van der Waals surface area (Å²) < 4.78 is 0. The number of carbonyl (C=O) groups is 2. The Hall–Kier alpha value is -5.44. The zero-order valence-corrected chi connectivity index (χ0v) is 22.3. The van der Waals surface area contributed by atoms with Crippen LogP contribution in [-0.2, 0) is 16.0 Å². The van der Waals surface area contributed by atoms with Crippen LogP contribution in [0.5, 0.6) is 5.75 Å². The lowest BCUT2D eigenvalue weighted by Crippen LogP contribution is -2.41. The lowest BCUT2D eigenvalue weighted by Gasteiger charge is -2.32. The van der Waals surface area contributed by atoms with E-state index in [-0.39, 0.29) is 29.5 Å². The number of fused-ring (bicyclic) bond motifs is 1. The molecule has 3 N–H and O–H groups in total. The zero-order valence-electron chi connectivity index (χ0n) is 22.3. The number of nitro groups is 1. The molecule has 206 valence electrons. The molecular formula is C32H28N4O5. The van der Waals surface area contributed by atoms with Crippen molar-refractivity contribution in [3.05, 3.63) is 130 Å². The summed E-state index contributed by atoms with van der Waals surface area (Å²) in [5, 5.41) is 25.0. The van der Waals surface area contributed by atoms with Crippen molar-refractivity contribution in [1.82, 2.24) is 4.98 Å². The van der Waals surface area contributed by atoms with Gasteiger partial charge < -0.3 is 15.4 Å². The van der Waals surface area contributed by atoms with Gasteiger partial charge in [0.15, 0.2) is 0 Å². The van der Waals surface area contributed by atoms with Crippen molar-refractivity contribution in [2.45, 2.75) is 25.8 Å². The van der Waals surface area contributed by atoms with Crippen LogP contribution in [0.15, 0.2) is 103 Å². The number of nitro benzene ring substituents is 1. The molecule has 0 spiro atoms. The molecule has 0 saturated carbocycles. The maximum atomic E-state index is 14.0. The number of hydrogen-bond donors (Lipinski definition) is 3. The number of carbonyl (C=O) groups excluding carboxylic acids is 2. The van der Waals surface area contributed by atoms with Crippen molar-refractivity contribution >= 4 is 39.8 Å². The van der Waals surface area contributed by atoms with Crippen molar-refractivity contribution in [2.24, 2.45) is 0 Å². The van der Waals surface area contributed by atoms with Gasteiger partial charge in [0.1, 0.15) is 11.8 Å². The van der Waals surface area contributed by atoms with Gasteiger partial charge in [-0.2, -0.15) is 0 Å². The van der Waals surface area contributed by atoms with E-state index < -0.39 is 16.9 Å². The van der Waals surface area contributed by atoms with Gasteiger partial charge in [-0.15, -0.1) is 0 Å². The molecule has 9 heteroatoms. The summed E-state index contributed by atoms with van der Waals surface area (Å²) in [5.74, 6) is -0.831. The number of para-hydroxylation sites is 1. The molecule has 1 heterocycles. The molecule has 0 saturated heterocycles. The minimum atomic E-state index is -1.13. The van der Waals surface area contributed by atoms with Crippen LogP contribution < -0.4 is 10.2 Å². The lowest BCUT2D eigenvalue weighted by atomic mass is 10.0. The molecule has 4 aromatic carbocycles. The quantitative estimate of drug-likeness (QED) is 0.144. The first-order chi connectivity index (χ1) is 19.8. The van der Waals surface area contributed by atoms with Crippen molar-refractivity contribution < 1.29 is 19.6 Å². The first kappa shape index (κ1) is 27.1. The summed E-state index contributed by atoms with van der Waals surface area (Å²) in [7, 11) is 0. The molecule has 1 aromatic heterocycles. The second-order valence-corrected chi connectivity index (χ2v) is 9.75. The fraction of sp³-hybridized carbons (Fsp3) is 0.125. The zero-order chi connectivity index (χ0) is 28.9. The van der Waals surface area contributed by atoms with Gasteiger partial charge in [-0.1, -0.05) is 54.1 Å². The molecule has 0 aliphatic heterocycles. The van der Waals surface area contributed by atoms with Crippen LogP contribution in [0, 0.1) is 17.0 Å². The second-order valence-electron chi connectivity index (χ2n) is 9.75. The van der Waals surface area contributed by atoms with Gasteiger partial charge in [0.2, 0.25) is 5.91 Å². The third kappa shape index (κ3) is 6.09. The largest absolute Gasteiger partial charge is 0.508 e.